The molecule has 114 valence electrons. The first-order valence-corrected chi connectivity index (χ1v) is 8.19. The van der Waals surface area contributed by atoms with Crippen molar-refractivity contribution < 1.29 is 18.6 Å². The average molecular weight is 319 g/mol. The highest BCUT2D eigenvalue weighted by Gasteiger charge is 2.28. The molecule has 1 unspecified atom stereocenters. The third-order valence-corrected chi connectivity index (χ3v) is 5.04. The summed E-state index contributed by atoms with van der Waals surface area (Å²) in [6.07, 6.45) is 1.97. The van der Waals surface area contributed by atoms with Crippen molar-refractivity contribution in [2.75, 3.05) is 4.72 Å². The molecule has 0 aromatic heterocycles. The number of hydrogen-bond acceptors (Lipinski definition) is 3. The van der Waals surface area contributed by atoms with E-state index in [2.05, 4.69) is 4.72 Å². The van der Waals surface area contributed by atoms with Gasteiger partial charge in [-0.15, -0.1) is 0 Å². The smallest absolute Gasteiger partial charge is 0.423 e. The van der Waals surface area contributed by atoms with Gasteiger partial charge in [-0.05, 0) is 42.1 Å². The molecule has 0 bridgehead atoms. The highest BCUT2D eigenvalue weighted by molar-refractivity contribution is 7.87. The van der Waals surface area contributed by atoms with E-state index in [1.54, 1.807) is 24.3 Å². The molecule has 22 heavy (non-hydrogen) atoms. The van der Waals surface area contributed by atoms with Crippen molar-refractivity contribution in [3.8, 4) is 11.1 Å². The summed E-state index contributed by atoms with van der Waals surface area (Å²) in [4.78, 5) is 0. The highest BCUT2D eigenvalue weighted by atomic mass is 32.2. The molecule has 7 heteroatoms. The first-order chi connectivity index (χ1) is 10.5. The van der Waals surface area contributed by atoms with Gasteiger partial charge >= 0.3 is 7.12 Å². The largest absolute Gasteiger partial charge is 0.488 e. The lowest BCUT2D eigenvalue weighted by molar-refractivity contribution is 0.425. The Hall–Kier alpha value is -1.70. The molecule has 0 saturated heterocycles. The Morgan fingerprint density at radius 1 is 1.14 bits per heavy atom. The van der Waals surface area contributed by atoms with Gasteiger partial charge in [-0.3, -0.25) is 0 Å². The Kier molecular flexibility index (Phi) is 4.29. The average Bonchev–Trinajstić information content (AvgIpc) is 3.33. The van der Waals surface area contributed by atoms with Gasteiger partial charge in [0, 0.05) is 11.3 Å². The molecule has 0 spiro atoms. The predicted molar refractivity (Wildman–Crippen MR) is 86.4 cm³/mol. The summed E-state index contributed by atoms with van der Waals surface area (Å²) in [6, 6.07) is 10.8. The lowest BCUT2D eigenvalue weighted by atomic mass is 9.79. The van der Waals surface area contributed by atoms with Crippen molar-refractivity contribution in [3.05, 3.63) is 48.3 Å². The molecule has 1 aliphatic rings. The quantitative estimate of drug-likeness (QED) is 0.730. The summed E-state index contributed by atoms with van der Waals surface area (Å²) in [5, 5.41) is 18.6. The fourth-order valence-corrected chi connectivity index (χ4v) is 3.22. The molecule has 1 saturated carbocycles. The molecule has 2 aromatic carbocycles. The van der Waals surface area contributed by atoms with Crippen molar-refractivity contribution in [3.63, 3.8) is 0 Å². The molecule has 1 aliphatic carbocycles. The maximum atomic E-state index is 13.9. The van der Waals surface area contributed by atoms with E-state index in [1.807, 2.05) is 0 Å². The van der Waals surface area contributed by atoms with Crippen LogP contribution in [-0.2, 0) is 11.0 Å². The maximum Gasteiger partial charge on any atom is 0.488 e. The standard InChI is InChI=1S/C15H15BFNO3S/c17-15-8-3-11(16(19)20)9-14(15)10-1-4-12(5-2-10)18-22(21)13-6-7-13/h1-5,8-9,13,18-20H,6-7H2. The van der Waals surface area contributed by atoms with E-state index in [0.29, 0.717) is 16.8 Å². The van der Waals surface area contributed by atoms with Crippen LogP contribution in [0.4, 0.5) is 10.1 Å². The number of nitrogens with one attached hydrogen (secondary N) is 1. The Bertz CT molecular complexity index is 704. The van der Waals surface area contributed by atoms with Crippen LogP contribution in [0.5, 0.6) is 0 Å². The van der Waals surface area contributed by atoms with Crippen LogP contribution >= 0.6 is 0 Å². The monoisotopic (exact) mass is 319 g/mol. The molecule has 2 aromatic rings. The van der Waals surface area contributed by atoms with Gasteiger partial charge in [-0.1, -0.05) is 24.3 Å². The molecule has 0 amide bonds. The minimum atomic E-state index is -1.64. The second kappa shape index (κ2) is 6.20. The molecule has 4 nitrogen and oxygen atoms in total. The van der Waals surface area contributed by atoms with Crippen molar-refractivity contribution >= 4 is 29.3 Å². The Morgan fingerprint density at radius 2 is 1.82 bits per heavy atom. The van der Waals surface area contributed by atoms with E-state index >= 15 is 0 Å². The second-order valence-electron chi connectivity index (χ2n) is 5.29. The molecule has 1 fully saturated rings. The van der Waals surface area contributed by atoms with E-state index in [-0.39, 0.29) is 10.7 Å². The van der Waals surface area contributed by atoms with Crippen molar-refractivity contribution in [1.29, 1.82) is 0 Å². The zero-order chi connectivity index (χ0) is 15.7. The SMILES string of the molecule is O=S(Nc1ccc(-c2cc(B(O)O)ccc2F)cc1)C1CC1. The van der Waals surface area contributed by atoms with Gasteiger partial charge < -0.3 is 14.8 Å². The topological polar surface area (TPSA) is 69.6 Å². The lowest BCUT2D eigenvalue weighted by Crippen LogP contribution is -2.29. The molecule has 0 radical (unpaired) electrons. The van der Waals surface area contributed by atoms with Crippen LogP contribution in [0.1, 0.15) is 12.8 Å². The van der Waals surface area contributed by atoms with Gasteiger partial charge in [0.05, 0.1) is 5.25 Å². The van der Waals surface area contributed by atoms with Crippen LogP contribution < -0.4 is 10.2 Å². The van der Waals surface area contributed by atoms with E-state index in [4.69, 9.17) is 0 Å². The number of anilines is 1. The van der Waals surface area contributed by atoms with Crippen LogP contribution in [0.25, 0.3) is 11.1 Å². The summed E-state index contributed by atoms with van der Waals surface area (Å²) in [7, 11) is -2.70. The minimum absolute atomic E-state index is 0.230. The minimum Gasteiger partial charge on any atom is -0.423 e. The van der Waals surface area contributed by atoms with Crippen LogP contribution in [-0.4, -0.2) is 26.6 Å². The van der Waals surface area contributed by atoms with Gasteiger partial charge in [0.1, 0.15) is 16.8 Å². The Balaban J connectivity index is 1.82. The normalized spacial score (nSPS) is 15.4. The van der Waals surface area contributed by atoms with Crippen molar-refractivity contribution in [2.45, 2.75) is 18.1 Å². The molecule has 3 N–H and O–H groups in total. The first kappa shape index (κ1) is 15.2. The van der Waals surface area contributed by atoms with Gasteiger partial charge in [0.25, 0.3) is 0 Å². The third-order valence-electron chi connectivity index (χ3n) is 3.53. The summed E-state index contributed by atoms with van der Waals surface area (Å²) in [5.74, 6) is -0.438. The Labute approximate surface area is 130 Å². The molecule has 1 atom stereocenters. The summed E-state index contributed by atoms with van der Waals surface area (Å²) in [5.41, 5.74) is 1.85. The van der Waals surface area contributed by atoms with E-state index in [0.717, 1.165) is 12.8 Å². The summed E-state index contributed by atoms with van der Waals surface area (Å²) < 4.78 is 28.6. The molecule has 0 aliphatic heterocycles. The fraction of sp³-hybridized carbons (Fsp3) is 0.200. The van der Waals surface area contributed by atoms with Crippen molar-refractivity contribution in [1.82, 2.24) is 0 Å². The maximum absolute atomic E-state index is 13.9. The van der Waals surface area contributed by atoms with Crippen LogP contribution in [0, 0.1) is 5.82 Å². The van der Waals surface area contributed by atoms with Crippen LogP contribution in [0.3, 0.4) is 0 Å². The molecule has 0 heterocycles. The third kappa shape index (κ3) is 3.37. The first-order valence-electron chi connectivity index (χ1n) is 6.98. The van der Waals surface area contributed by atoms with Crippen LogP contribution in [0.2, 0.25) is 0 Å². The van der Waals surface area contributed by atoms with Gasteiger partial charge in [0.15, 0.2) is 0 Å². The summed E-state index contributed by atoms with van der Waals surface area (Å²) in [6.45, 7) is 0. The van der Waals surface area contributed by atoms with Gasteiger partial charge in [-0.2, -0.15) is 0 Å². The van der Waals surface area contributed by atoms with E-state index in [1.165, 1.54) is 18.2 Å². The zero-order valence-corrected chi connectivity index (χ0v) is 12.5. The van der Waals surface area contributed by atoms with Gasteiger partial charge in [0.2, 0.25) is 0 Å². The molecular weight excluding hydrogens is 304 g/mol. The molecule has 3 rings (SSSR count). The van der Waals surface area contributed by atoms with Crippen LogP contribution in [0.15, 0.2) is 42.5 Å². The van der Waals surface area contributed by atoms with Crippen molar-refractivity contribution in [2.24, 2.45) is 0 Å². The van der Waals surface area contributed by atoms with Gasteiger partial charge in [-0.25, -0.2) is 8.60 Å². The van der Waals surface area contributed by atoms with E-state index < -0.39 is 23.9 Å². The van der Waals surface area contributed by atoms with E-state index in [9.17, 15) is 18.6 Å². The number of benzene rings is 2. The highest BCUT2D eigenvalue weighted by Crippen LogP contribution is 2.28. The Morgan fingerprint density at radius 3 is 2.41 bits per heavy atom. The zero-order valence-electron chi connectivity index (χ0n) is 11.7. The number of hydrogen-bond donors (Lipinski definition) is 3. The molecular formula is C15H15BFNO3S. The second-order valence-corrected chi connectivity index (χ2v) is 6.75. The summed E-state index contributed by atoms with van der Waals surface area (Å²) >= 11 is 0. The fourth-order valence-electron chi connectivity index (χ4n) is 2.12. The predicted octanol–water partition coefficient (Wildman–Crippen LogP) is 1.41. The number of rotatable bonds is 5. The number of halogens is 1. The lowest BCUT2D eigenvalue weighted by Gasteiger charge is -2.09.